The topological polar surface area (TPSA) is 171 Å². The van der Waals surface area contributed by atoms with Gasteiger partial charge < -0.3 is 20.9 Å². The second-order valence-electron chi connectivity index (χ2n) is 8.01. The zero-order valence-electron chi connectivity index (χ0n) is 19.6. The number of amides is 1. The fourth-order valence-corrected chi connectivity index (χ4v) is 4.61. The quantitative estimate of drug-likeness (QED) is 0.235. The number of hydrogen-bond acceptors (Lipinski definition) is 6. The van der Waals surface area contributed by atoms with Crippen molar-refractivity contribution in [2.45, 2.75) is 30.2 Å². The second kappa shape index (κ2) is 12.3. The second-order valence-corrected chi connectivity index (χ2v) is 9.72. The molecule has 0 aliphatic rings. The van der Waals surface area contributed by atoms with Crippen molar-refractivity contribution >= 4 is 27.4 Å². The van der Waals surface area contributed by atoms with Crippen molar-refractivity contribution in [1.29, 1.82) is 0 Å². The molecule has 0 spiro atoms. The van der Waals surface area contributed by atoms with Crippen LogP contribution < -0.4 is 26.1 Å². The van der Waals surface area contributed by atoms with E-state index in [0.29, 0.717) is 17.9 Å². The molecular weight excluding hydrogens is 488 g/mol. The Balaban J connectivity index is 1.71. The van der Waals surface area contributed by atoms with E-state index in [9.17, 15) is 27.9 Å². The molecule has 0 aliphatic heterocycles. The number of carboxylic acids is 1. The molecule has 3 rings (SSSR count). The van der Waals surface area contributed by atoms with Crippen molar-refractivity contribution in [3.8, 4) is 5.75 Å². The molecular formula is C24H29N4O7S+. The average molecular weight is 518 g/mol. The first kappa shape index (κ1) is 26.9. The summed E-state index contributed by atoms with van der Waals surface area (Å²) in [7, 11) is -4.14. The van der Waals surface area contributed by atoms with Gasteiger partial charge in [-0.2, -0.15) is 4.72 Å². The highest BCUT2D eigenvalue weighted by Gasteiger charge is 2.26. The van der Waals surface area contributed by atoms with Crippen LogP contribution in [0.5, 0.6) is 5.75 Å². The smallest absolute Gasteiger partial charge is 0.323 e. The van der Waals surface area contributed by atoms with Crippen LogP contribution in [-0.4, -0.2) is 55.5 Å². The fourth-order valence-electron chi connectivity index (χ4n) is 3.40. The third-order valence-electron chi connectivity index (χ3n) is 5.35. The molecule has 11 nitrogen and oxygen atoms in total. The maximum atomic E-state index is 12.9. The van der Waals surface area contributed by atoms with Gasteiger partial charge in [-0.05, 0) is 55.7 Å². The number of benzene rings is 1. The van der Waals surface area contributed by atoms with Gasteiger partial charge >= 0.3 is 5.97 Å². The highest BCUT2D eigenvalue weighted by molar-refractivity contribution is 7.89. The number of carboxylic acid groups (broad SMARTS) is 1. The lowest BCUT2D eigenvalue weighted by Crippen LogP contribution is -2.50. The SMILES string of the molecule is [NH3+]CCCCCOc1ccc2ccc(C(=O)NCC(NS(=O)(=O)c3ccccc3)C(=O)O)c(=O)n2c1. The van der Waals surface area contributed by atoms with E-state index < -0.39 is 40.0 Å². The molecule has 2 aromatic heterocycles. The number of unbranched alkanes of at least 4 members (excludes halogenated alkanes) is 2. The Labute approximate surface area is 207 Å². The molecule has 1 unspecified atom stereocenters. The number of quaternary nitrogens is 1. The lowest BCUT2D eigenvalue weighted by Gasteiger charge is -2.16. The standard InChI is InChI=1S/C24H28N4O7S/c25-13-5-2-6-14-35-18-11-9-17-10-12-20(23(30)28(17)16-18)22(29)26-15-21(24(31)32)27-36(33,34)19-7-3-1-4-8-19/h1,3-4,7-12,16,21,27H,2,5-6,13-15,25H2,(H,26,29)(H,31,32)/p+1. The highest BCUT2D eigenvalue weighted by Crippen LogP contribution is 2.13. The van der Waals surface area contributed by atoms with Crippen LogP contribution in [0.25, 0.3) is 5.52 Å². The number of rotatable bonds is 13. The van der Waals surface area contributed by atoms with Gasteiger partial charge in [0.15, 0.2) is 0 Å². The zero-order valence-corrected chi connectivity index (χ0v) is 20.4. The third kappa shape index (κ3) is 6.90. The molecule has 0 saturated heterocycles. The molecule has 0 bridgehead atoms. The van der Waals surface area contributed by atoms with E-state index in [2.05, 4.69) is 15.8 Å². The number of aromatic nitrogens is 1. The molecule has 0 fully saturated rings. The molecule has 0 radical (unpaired) electrons. The van der Waals surface area contributed by atoms with E-state index >= 15 is 0 Å². The molecule has 12 heteroatoms. The molecule has 1 amide bonds. The van der Waals surface area contributed by atoms with E-state index in [1.165, 1.54) is 40.9 Å². The number of nitrogens with one attached hydrogen (secondary N) is 2. The summed E-state index contributed by atoms with van der Waals surface area (Å²) in [5, 5.41) is 11.8. The number of sulfonamides is 1. The van der Waals surface area contributed by atoms with Crippen LogP contribution in [0.3, 0.4) is 0 Å². The molecule has 192 valence electrons. The molecule has 3 aromatic rings. The first-order valence-corrected chi connectivity index (χ1v) is 12.9. The van der Waals surface area contributed by atoms with E-state index in [1.807, 2.05) is 0 Å². The number of pyridine rings is 2. The van der Waals surface area contributed by atoms with Crippen LogP contribution in [0.1, 0.15) is 29.6 Å². The number of carbonyl (C=O) groups is 2. The monoisotopic (exact) mass is 517 g/mol. The van der Waals surface area contributed by atoms with Crippen LogP contribution in [0.4, 0.5) is 0 Å². The predicted octanol–water partition coefficient (Wildman–Crippen LogP) is 0.252. The fraction of sp³-hybridized carbons (Fsp3) is 0.292. The van der Waals surface area contributed by atoms with Crippen molar-refractivity contribution in [3.05, 3.63) is 76.7 Å². The summed E-state index contributed by atoms with van der Waals surface area (Å²) in [6, 6.07) is 11.9. The maximum Gasteiger partial charge on any atom is 0.323 e. The summed E-state index contributed by atoms with van der Waals surface area (Å²) in [6.07, 6.45) is 4.34. The molecule has 0 aliphatic carbocycles. The van der Waals surface area contributed by atoms with Crippen molar-refractivity contribution in [3.63, 3.8) is 0 Å². The zero-order chi connectivity index (χ0) is 26.1. The molecule has 2 heterocycles. The van der Waals surface area contributed by atoms with E-state index in [4.69, 9.17) is 4.74 Å². The van der Waals surface area contributed by atoms with Crippen LogP contribution in [0.2, 0.25) is 0 Å². The number of aliphatic carboxylic acids is 1. The minimum Gasteiger partial charge on any atom is -0.492 e. The van der Waals surface area contributed by atoms with Crippen molar-refractivity contribution in [1.82, 2.24) is 14.4 Å². The van der Waals surface area contributed by atoms with Crippen LogP contribution in [0, 0.1) is 0 Å². The van der Waals surface area contributed by atoms with Crippen molar-refractivity contribution in [2.75, 3.05) is 19.7 Å². The average Bonchev–Trinajstić information content (AvgIpc) is 2.87. The number of carbonyl (C=O) groups excluding carboxylic acids is 1. The Hall–Kier alpha value is -3.74. The highest BCUT2D eigenvalue weighted by atomic mass is 32.2. The lowest BCUT2D eigenvalue weighted by atomic mass is 10.2. The summed E-state index contributed by atoms with van der Waals surface area (Å²) < 4.78 is 34.0. The van der Waals surface area contributed by atoms with E-state index in [0.717, 1.165) is 25.8 Å². The van der Waals surface area contributed by atoms with Crippen LogP contribution in [0.15, 0.2) is 70.5 Å². The van der Waals surface area contributed by atoms with Gasteiger partial charge in [-0.15, -0.1) is 0 Å². The number of ether oxygens (including phenoxy) is 1. The Bertz CT molecular complexity index is 1370. The third-order valence-corrected chi connectivity index (χ3v) is 6.83. The summed E-state index contributed by atoms with van der Waals surface area (Å²) in [5.41, 5.74) is 3.49. The Morgan fingerprint density at radius 1 is 1.03 bits per heavy atom. The van der Waals surface area contributed by atoms with Crippen LogP contribution >= 0.6 is 0 Å². The summed E-state index contributed by atoms with van der Waals surface area (Å²) in [5.74, 6) is -1.85. The van der Waals surface area contributed by atoms with Gasteiger partial charge in [-0.25, -0.2) is 8.42 Å². The normalized spacial score (nSPS) is 12.2. The summed E-state index contributed by atoms with van der Waals surface area (Å²) >= 11 is 0. The van der Waals surface area contributed by atoms with Gasteiger partial charge in [0.25, 0.3) is 11.5 Å². The van der Waals surface area contributed by atoms with Gasteiger partial charge in [-0.1, -0.05) is 18.2 Å². The van der Waals surface area contributed by atoms with Gasteiger partial charge in [-0.3, -0.25) is 18.8 Å². The van der Waals surface area contributed by atoms with Gasteiger partial charge in [0.1, 0.15) is 17.4 Å². The number of nitrogens with zero attached hydrogens (tertiary/aromatic N) is 1. The lowest BCUT2D eigenvalue weighted by molar-refractivity contribution is -0.368. The van der Waals surface area contributed by atoms with Crippen molar-refractivity contribution in [2.24, 2.45) is 0 Å². The Morgan fingerprint density at radius 2 is 1.75 bits per heavy atom. The van der Waals surface area contributed by atoms with E-state index in [-0.39, 0.29) is 10.5 Å². The van der Waals surface area contributed by atoms with Gasteiger partial charge in [0, 0.05) is 12.1 Å². The molecule has 1 atom stereocenters. The molecule has 6 N–H and O–H groups in total. The van der Waals surface area contributed by atoms with Crippen molar-refractivity contribution < 1.29 is 33.6 Å². The summed E-state index contributed by atoms with van der Waals surface area (Å²) in [6.45, 7) is 0.775. The maximum absolute atomic E-state index is 12.9. The van der Waals surface area contributed by atoms with Gasteiger partial charge in [0.05, 0.1) is 24.2 Å². The molecule has 0 saturated carbocycles. The first-order chi connectivity index (χ1) is 17.2. The summed E-state index contributed by atoms with van der Waals surface area (Å²) in [4.78, 5) is 37.1. The Kier molecular flexibility index (Phi) is 9.17. The minimum absolute atomic E-state index is 0.115. The first-order valence-electron chi connectivity index (χ1n) is 11.4. The number of hydrogen-bond donors (Lipinski definition) is 4. The number of fused-ring (bicyclic) bond motifs is 1. The predicted molar refractivity (Wildman–Crippen MR) is 131 cm³/mol. The van der Waals surface area contributed by atoms with E-state index in [1.54, 1.807) is 24.3 Å². The van der Waals surface area contributed by atoms with Gasteiger partial charge in [0.2, 0.25) is 10.0 Å². The minimum atomic E-state index is -4.14. The molecule has 1 aromatic carbocycles. The molecule has 36 heavy (non-hydrogen) atoms. The van der Waals surface area contributed by atoms with Crippen LogP contribution in [-0.2, 0) is 14.8 Å². The largest absolute Gasteiger partial charge is 0.492 e. The Morgan fingerprint density at radius 3 is 2.44 bits per heavy atom.